The van der Waals surface area contributed by atoms with Crippen LogP contribution in [0.15, 0.2) is 36.4 Å². The maximum Gasteiger partial charge on any atom is 0.258 e. The molecule has 0 aliphatic carbocycles. The zero-order valence-corrected chi connectivity index (χ0v) is 16.3. The summed E-state index contributed by atoms with van der Waals surface area (Å²) < 4.78 is 5.84. The molecule has 2 aromatic rings. The fraction of sp³-hybridized carbons (Fsp3) is 0.476. The highest BCUT2D eigenvalue weighted by atomic mass is 16.5. The van der Waals surface area contributed by atoms with Gasteiger partial charge in [0.15, 0.2) is 6.61 Å². The first-order valence-corrected chi connectivity index (χ1v) is 8.92. The third-order valence-electron chi connectivity index (χ3n) is 4.01. The standard InChI is InChI=1S/C21H30N2O3/c1-20(2,3)23-19(25)13-26-18-11-10-15-8-6-7-9-16(15)17(18)12-22-21(4,5)14-24/h6-11,22,24H,12-14H2,1-5H3,(H,23,25). The number of hydrogen-bond donors (Lipinski definition) is 3. The third-order valence-corrected chi connectivity index (χ3v) is 4.01. The lowest BCUT2D eigenvalue weighted by Crippen LogP contribution is -2.43. The van der Waals surface area contributed by atoms with Gasteiger partial charge in [-0.05, 0) is 51.5 Å². The maximum atomic E-state index is 12.1. The van der Waals surface area contributed by atoms with E-state index in [0.29, 0.717) is 12.3 Å². The van der Waals surface area contributed by atoms with Crippen molar-refractivity contribution >= 4 is 16.7 Å². The summed E-state index contributed by atoms with van der Waals surface area (Å²) in [6.45, 7) is 10.2. The Morgan fingerprint density at radius 1 is 1.08 bits per heavy atom. The van der Waals surface area contributed by atoms with Gasteiger partial charge < -0.3 is 20.5 Å². The number of rotatable bonds is 7. The molecule has 1 amide bonds. The molecule has 142 valence electrons. The predicted molar refractivity (Wildman–Crippen MR) is 105 cm³/mol. The van der Waals surface area contributed by atoms with Crippen molar-refractivity contribution in [3.63, 3.8) is 0 Å². The van der Waals surface area contributed by atoms with Gasteiger partial charge in [-0.2, -0.15) is 0 Å². The number of hydrogen-bond acceptors (Lipinski definition) is 4. The smallest absolute Gasteiger partial charge is 0.258 e. The summed E-state index contributed by atoms with van der Waals surface area (Å²) >= 11 is 0. The molecule has 0 aliphatic rings. The highest BCUT2D eigenvalue weighted by molar-refractivity contribution is 5.88. The molecule has 0 aromatic heterocycles. The van der Waals surface area contributed by atoms with Gasteiger partial charge in [-0.1, -0.05) is 30.3 Å². The zero-order chi connectivity index (χ0) is 19.4. The second kappa shape index (κ2) is 8.06. The topological polar surface area (TPSA) is 70.6 Å². The molecule has 0 fully saturated rings. The van der Waals surface area contributed by atoms with Crippen LogP contribution < -0.4 is 15.4 Å². The molecule has 0 spiro atoms. The Bertz CT molecular complexity index is 763. The molecule has 0 aliphatic heterocycles. The summed E-state index contributed by atoms with van der Waals surface area (Å²) in [7, 11) is 0. The van der Waals surface area contributed by atoms with Gasteiger partial charge in [-0.3, -0.25) is 4.79 Å². The largest absolute Gasteiger partial charge is 0.483 e. The minimum atomic E-state index is -0.405. The quantitative estimate of drug-likeness (QED) is 0.712. The minimum Gasteiger partial charge on any atom is -0.483 e. The lowest BCUT2D eigenvalue weighted by molar-refractivity contribution is -0.124. The molecule has 0 bridgehead atoms. The van der Waals surface area contributed by atoms with Gasteiger partial charge in [-0.15, -0.1) is 0 Å². The van der Waals surface area contributed by atoms with Crippen molar-refractivity contribution in [2.45, 2.75) is 52.2 Å². The number of carbonyl (C=O) groups is 1. The fourth-order valence-corrected chi connectivity index (χ4v) is 2.61. The second-order valence-corrected chi connectivity index (χ2v) is 8.25. The summed E-state index contributed by atoms with van der Waals surface area (Å²) in [4.78, 5) is 12.1. The van der Waals surface area contributed by atoms with Crippen LogP contribution in [0.25, 0.3) is 10.8 Å². The molecule has 5 nitrogen and oxygen atoms in total. The average Bonchev–Trinajstić information content (AvgIpc) is 2.56. The van der Waals surface area contributed by atoms with Crippen LogP contribution in [-0.2, 0) is 11.3 Å². The molecule has 2 aromatic carbocycles. The van der Waals surface area contributed by atoms with Gasteiger partial charge in [0.2, 0.25) is 0 Å². The number of ether oxygens (including phenoxy) is 1. The Balaban J connectivity index is 2.24. The van der Waals surface area contributed by atoms with Gasteiger partial charge in [0.25, 0.3) is 5.91 Å². The van der Waals surface area contributed by atoms with E-state index in [0.717, 1.165) is 16.3 Å². The van der Waals surface area contributed by atoms with Gasteiger partial charge >= 0.3 is 0 Å². The van der Waals surface area contributed by atoms with E-state index in [-0.39, 0.29) is 24.7 Å². The Morgan fingerprint density at radius 3 is 2.42 bits per heavy atom. The number of nitrogens with one attached hydrogen (secondary N) is 2. The first-order valence-electron chi connectivity index (χ1n) is 8.92. The van der Waals surface area contributed by atoms with Crippen LogP contribution in [0.3, 0.4) is 0 Å². The van der Waals surface area contributed by atoms with Crippen molar-refractivity contribution in [3.05, 3.63) is 42.0 Å². The number of fused-ring (bicyclic) bond motifs is 1. The van der Waals surface area contributed by atoms with E-state index in [1.165, 1.54) is 0 Å². The lowest BCUT2D eigenvalue weighted by Gasteiger charge is -2.25. The van der Waals surface area contributed by atoms with Crippen LogP contribution in [0.1, 0.15) is 40.2 Å². The molecule has 0 atom stereocenters. The second-order valence-electron chi connectivity index (χ2n) is 8.25. The number of amides is 1. The van der Waals surface area contributed by atoms with E-state index in [9.17, 15) is 9.90 Å². The molecular weight excluding hydrogens is 328 g/mol. The molecule has 0 heterocycles. The molecule has 0 unspecified atom stereocenters. The highest BCUT2D eigenvalue weighted by Crippen LogP contribution is 2.28. The van der Waals surface area contributed by atoms with E-state index >= 15 is 0 Å². The maximum absolute atomic E-state index is 12.1. The first kappa shape index (κ1) is 20.2. The van der Waals surface area contributed by atoms with Gasteiger partial charge in [-0.25, -0.2) is 0 Å². The highest BCUT2D eigenvalue weighted by Gasteiger charge is 2.19. The van der Waals surface area contributed by atoms with E-state index < -0.39 is 5.54 Å². The summed E-state index contributed by atoms with van der Waals surface area (Å²) in [6.07, 6.45) is 0. The van der Waals surface area contributed by atoms with Crippen molar-refractivity contribution < 1.29 is 14.6 Å². The summed E-state index contributed by atoms with van der Waals surface area (Å²) in [5.74, 6) is 0.522. The number of carbonyl (C=O) groups excluding carboxylic acids is 1. The molecular formula is C21H30N2O3. The Morgan fingerprint density at radius 2 is 1.77 bits per heavy atom. The van der Waals surface area contributed by atoms with Crippen molar-refractivity contribution in [2.75, 3.05) is 13.2 Å². The molecule has 0 saturated carbocycles. The molecule has 2 rings (SSSR count). The molecule has 5 heteroatoms. The molecule has 0 saturated heterocycles. The van der Waals surface area contributed by atoms with Crippen molar-refractivity contribution in [1.82, 2.24) is 10.6 Å². The summed E-state index contributed by atoms with van der Waals surface area (Å²) in [5.41, 5.74) is 0.283. The van der Waals surface area contributed by atoms with Gasteiger partial charge in [0, 0.05) is 23.2 Å². The van der Waals surface area contributed by atoms with Crippen LogP contribution in [0, 0.1) is 0 Å². The van der Waals surface area contributed by atoms with E-state index in [2.05, 4.69) is 10.6 Å². The van der Waals surface area contributed by atoms with Crippen LogP contribution >= 0.6 is 0 Å². The van der Waals surface area contributed by atoms with Crippen molar-refractivity contribution in [3.8, 4) is 5.75 Å². The Labute approximate surface area is 155 Å². The fourth-order valence-electron chi connectivity index (χ4n) is 2.61. The third kappa shape index (κ3) is 5.71. The van der Waals surface area contributed by atoms with Gasteiger partial charge in [0.05, 0.1) is 6.61 Å². The van der Waals surface area contributed by atoms with Crippen molar-refractivity contribution in [2.24, 2.45) is 0 Å². The van der Waals surface area contributed by atoms with E-state index in [1.54, 1.807) is 0 Å². The first-order chi connectivity index (χ1) is 12.1. The monoisotopic (exact) mass is 358 g/mol. The lowest BCUT2D eigenvalue weighted by atomic mass is 10.0. The number of aliphatic hydroxyl groups excluding tert-OH is 1. The SMILES string of the molecule is CC(C)(C)NC(=O)COc1ccc2ccccc2c1CNC(C)(C)CO. The zero-order valence-electron chi connectivity index (χ0n) is 16.3. The minimum absolute atomic E-state index is 0.0297. The summed E-state index contributed by atoms with van der Waals surface area (Å²) in [5, 5.41) is 17.9. The average molecular weight is 358 g/mol. The van der Waals surface area contributed by atoms with E-state index in [4.69, 9.17) is 4.74 Å². The van der Waals surface area contributed by atoms with Crippen LogP contribution in [0.5, 0.6) is 5.75 Å². The summed E-state index contributed by atoms with van der Waals surface area (Å²) in [6, 6.07) is 12.0. The number of benzene rings is 2. The van der Waals surface area contributed by atoms with Crippen LogP contribution in [0.2, 0.25) is 0 Å². The normalized spacial score (nSPS) is 12.2. The molecule has 3 N–H and O–H groups in total. The Hall–Kier alpha value is -2.11. The van der Waals surface area contributed by atoms with Crippen LogP contribution in [-0.4, -0.2) is 35.3 Å². The number of aliphatic hydroxyl groups is 1. The Kier molecular flexibility index (Phi) is 6.26. The van der Waals surface area contributed by atoms with Crippen LogP contribution in [0.4, 0.5) is 0 Å². The van der Waals surface area contributed by atoms with Crippen molar-refractivity contribution in [1.29, 1.82) is 0 Å². The predicted octanol–water partition coefficient (Wildman–Crippen LogP) is 2.99. The molecule has 26 heavy (non-hydrogen) atoms. The molecule has 0 radical (unpaired) electrons. The van der Waals surface area contributed by atoms with Gasteiger partial charge in [0.1, 0.15) is 5.75 Å². The van der Waals surface area contributed by atoms with E-state index in [1.807, 2.05) is 71.0 Å².